The number of rotatable bonds is 4. The summed E-state index contributed by atoms with van der Waals surface area (Å²) in [5.74, 6) is 1.07. The molecule has 0 spiro atoms. The Bertz CT molecular complexity index is 217. The number of carboxylic acids is 1. The number of ether oxygens (including phenoxy) is 1. The summed E-state index contributed by atoms with van der Waals surface area (Å²) in [6, 6.07) is 0. The van der Waals surface area contributed by atoms with E-state index in [4.69, 9.17) is 9.84 Å². The summed E-state index contributed by atoms with van der Waals surface area (Å²) in [6.45, 7) is 1.65. The van der Waals surface area contributed by atoms with E-state index in [1.807, 2.05) is 0 Å². The lowest BCUT2D eigenvalue weighted by Gasteiger charge is -2.39. The van der Waals surface area contributed by atoms with E-state index in [9.17, 15) is 4.79 Å². The van der Waals surface area contributed by atoms with E-state index in [1.165, 1.54) is 19.3 Å². The third-order valence-electron chi connectivity index (χ3n) is 4.04. The molecule has 0 aromatic heterocycles. The molecule has 0 aromatic carbocycles. The standard InChI is InChI=1S/C12H20O3/c13-12(14)8-11(9-2-1-3-9)10-4-6-15-7-5-10/h9-11H,1-8H2,(H,13,14). The van der Waals surface area contributed by atoms with Crippen LogP contribution in [0.25, 0.3) is 0 Å². The van der Waals surface area contributed by atoms with Crippen molar-refractivity contribution in [3.8, 4) is 0 Å². The van der Waals surface area contributed by atoms with Crippen molar-refractivity contribution in [3.63, 3.8) is 0 Å². The van der Waals surface area contributed by atoms with Crippen LogP contribution in [0.5, 0.6) is 0 Å². The summed E-state index contributed by atoms with van der Waals surface area (Å²) < 4.78 is 5.34. The largest absolute Gasteiger partial charge is 0.481 e. The van der Waals surface area contributed by atoms with Crippen molar-refractivity contribution in [3.05, 3.63) is 0 Å². The summed E-state index contributed by atoms with van der Waals surface area (Å²) in [7, 11) is 0. The minimum Gasteiger partial charge on any atom is -0.481 e. The fourth-order valence-electron chi connectivity index (χ4n) is 2.93. The van der Waals surface area contributed by atoms with Gasteiger partial charge in [0.2, 0.25) is 0 Å². The molecular weight excluding hydrogens is 192 g/mol. The Morgan fingerprint density at radius 1 is 1.20 bits per heavy atom. The van der Waals surface area contributed by atoms with Crippen LogP contribution >= 0.6 is 0 Å². The fourth-order valence-corrected chi connectivity index (χ4v) is 2.93. The Kier molecular flexibility index (Phi) is 3.62. The minimum absolute atomic E-state index is 0.370. The van der Waals surface area contributed by atoms with E-state index in [0.717, 1.165) is 26.1 Å². The monoisotopic (exact) mass is 212 g/mol. The van der Waals surface area contributed by atoms with Crippen LogP contribution in [0.15, 0.2) is 0 Å². The molecule has 1 aliphatic heterocycles. The third-order valence-corrected chi connectivity index (χ3v) is 4.04. The zero-order valence-corrected chi connectivity index (χ0v) is 9.15. The predicted molar refractivity (Wildman–Crippen MR) is 56.6 cm³/mol. The van der Waals surface area contributed by atoms with Crippen LogP contribution in [0.4, 0.5) is 0 Å². The number of hydrogen-bond donors (Lipinski definition) is 1. The van der Waals surface area contributed by atoms with Crippen LogP contribution in [0.3, 0.4) is 0 Å². The number of aliphatic carboxylic acids is 1. The first-order valence-electron chi connectivity index (χ1n) is 6.07. The van der Waals surface area contributed by atoms with Crippen molar-refractivity contribution >= 4 is 5.97 Å². The summed E-state index contributed by atoms with van der Waals surface area (Å²) in [5.41, 5.74) is 0. The van der Waals surface area contributed by atoms with E-state index < -0.39 is 5.97 Å². The molecule has 2 rings (SSSR count). The van der Waals surface area contributed by atoms with Crippen molar-refractivity contribution in [2.75, 3.05) is 13.2 Å². The highest BCUT2D eigenvalue weighted by Crippen LogP contribution is 2.42. The Hall–Kier alpha value is -0.570. The van der Waals surface area contributed by atoms with Gasteiger partial charge in [0.1, 0.15) is 0 Å². The molecule has 1 N–H and O–H groups in total. The van der Waals surface area contributed by atoms with Gasteiger partial charge in [-0.3, -0.25) is 4.79 Å². The smallest absolute Gasteiger partial charge is 0.303 e. The van der Waals surface area contributed by atoms with E-state index in [2.05, 4.69) is 0 Å². The maximum Gasteiger partial charge on any atom is 0.303 e. The highest BCUT2D eigenvalue weighted by molar-refractivity contribution is 5.67. The SMILES string of the molecule is O=C(O)CC(C1CCC1)C1CCOCC1. The molecule has 1 atom stereocenters. The lowest BCUT2D eigenvalue weighted by atomic mass is 9.67. The van der Waals surface area contributed by atoms with E-state index in [-0.39, 0.29) is 0 Å². The number of carbonyl (C=O) groups is 1. The van der Waals surface area contributed by atoms with Crippen molar-refractivity contribution < 1.29 is 14.6 Å². The van der Waals surface area contributed by atoms with Gasteiger partial charge in [-0.2, -0.15) is 0 Å². The molecule has 15 heavy (non-hydrogen) atoms. The minimum atomic E-state index is -0.626. The van der Waals surface area contributed by atoms with Gasteiger partial charge >= 0.3 is 5.97 Å². The van der Waals surface area contributed by atoms with Gasteiger partial charge in [-0.15, -0.1) is 0 Å². The summed E-state index contributed by atoms with van der Waals surface area (Å²) in [5, 5.41) is 8.95. The molecule has 86 valence electrons. The van der Waals surface area contributed by atoms with Crippen molar-refractivity contribution in [2.45, 2.75) is 38.5 Å². The Morgan fingerprint density at radius 3 is 2.27 bits per heavy atom. The highest BCUT2D eigenvalue weighted by atomic mass is 16.5. The van der Waals surface area contributed by atoms with Crippen LogP contribution < -0.4 is 0 Å². The topological polar surface area (TPSA) is 46.5 Å². The van der Waals surface area contributed by atoms with E-state index >= 15 is 0 Å². The van der Waals surface area contributed by atoms with Crippen LogP contribution in [0.1, 0.15) is 38.5 Å². The summed E-state index contributed by atoms with van der Waals surface area (Å²) >= 11 is 0. The molecular formula is C12H20O3. The molecule has 2 aliphatic rings. The zero-order valence-electron chi connectivity index (χ0n) is 9.15. The van der Waals surface area contributed by atoms with E-state index in [1.54, 1.807) is 0 Å². The van der Waals surface area contributed by atoms with Gasteiger partial charge < -0.3 is 9.84 Å². The lowest BCUT2D eigenvalue weighted by Crippen LogP contribution is -2.33. The molecule has 0 bridgehead atoms. The molecule has 1 aliphatic carbocycles. The fraction of sp³-hybridized carbons (Fsp3) is 0.917. The van der Waals surface area contributed by atoms with Gasteiger partial charge in [0, 0.05) is 19.6 Å². The van der Waals surface area contributed by atoms with Crippen LogP contribution in [0.2, 0.25) is 0 Å². The first-order chi connectivity index (χ1) is 7.27. The van der Waals surface area contributed by atoms with Crippen molar-refractivity contribution in [1.29, 1.82) is 0 Å². The second-order valence-corrected chi connectivity index (χ2v) is 4.90. The quantitative estimate of drug-likeness (QED) is 0.777. The molecule has 3 nitrogen and oxygen atoms in total. The Labute approximate surface area is 90.8 Å². The maximum atomic E-state index is 10.9. The second-order valence-electron chi connectivity index (χ2n) is 4.90. The van der Waals surface area contributed by atoms with Gasteiger partial charge in [0.05, 0.1) is 0 Å². The van der Waals surface area contributed by atoms with Crippen molar-refractivity contribution in [1.82, 2.24) is 0 Å². The lowest BCUT2D eigenvalue weighted by molar-refractivity contribution is -0.140. The number of carboxylic acid groups (broad SMARTS) is 1. The van der Waals surface area contributed by atoms with Crippen LogP contribution in [-0.4, -0.2) is 24.3 Å². The zero-order chi connectivity index (χ0) is 10.7. The normalized spacial score (nSPS) is 25.9. The maximum absolute atomic E-state index is 10.9. The molecule has 0 aromatic rings. The molecule has 3 heteroatoms. The summed E-state index contributed by atoms with van der Waals surface area (Å²) in [4.78, 5) is 10.9. The second kappa shape index (κ2) is 4.97. The van der Waals surface area contributed by atoms with Crippen LogP contribution in [0, 0.1) is 17.8 Å². The molecule has 2 fully saturated rings. The molecule has 0 radical (unpaired) electrons. The van der Waals surface area contributed by atoms with Gasteiger partial charge in [0.25, 0.3) is 0 Å². The van der Waals surface area contributed by atoms with Gasteiger partial charge in [-0.1, -0.05) is 19.3 Å². The van der Waals surface area contributed by atoms with Gasteiger partial charge in [-0.25, -0.2) is 0 Å². The third kappa shape index (κ3) is 2.71. The number of hydrogen-bond acceptors (Lipinski definition) is 2. The predicted octanol–water partition coefficient (Wildman–Crippen LogP) is 2.30. The van der Waals surface area contributed by atoms with Crippen molar-refractivity contribution in [2.24, 2.45) is 17.8 Å². The molecule has 1 heterocycles. The highest BCUT2D eigenvalue weighted by Gasteiger charge is 2.35. The molecule has 1 unspecified atom stereocenters. The molecule has 1 saturated heterocycles. The molecule has 1 saturated carbocycles. The van der Waals surface area contributed by atoms with Gasteiger partial charge in [0.15, 0.2) is 0 Å². The first kappa shape index (κ1) is 10.9. The Balaban J connectivity index is 1.92. The average Bonchev–Trinajstić information content (AvgIpc) is 2.15. The molecule has 0 amide bonds. The van der Waals surface area contributed by atoms with Crippen LogP contribution in [-0.2, 0) is 9.53 Å². The van der Waals surface area contributed by atoms with Gasteiger partial charge in [-0.05, 0) is 30.6 Å². The Morgan fingerprint density at radius 2 is 1.80 bits per heavy atom. The average molecular weight is 212 g/mol. The van der Waals surface area contributed by atoms with E-state index in [0.29, 0.717) is 24.2 Å². The summed E-state index contributed by atoms with van der Waals surface area (Å²) in [6.07, 6.45) is 6.28. The first-order valence-corrected chi connectivity index (χ1v) is 6.07.